The molecule has 0 aromatic carbocycles. The zero-order valence-corrected chi connectivity index (χ0v) is 12.2. The van der Waals surface area contributed by atoms with Crippen molar-refractivity contribution in [2.24, 2.45) is 11.7 Å². The number of amides is 1. The van der Waals surface area contributed by atoms with Crippen LogP contribution in [0.3, 0.4) is 0 Å². The average molecular weight is 277 g/mol. The summed E-state index contributed by atoms with van der Waals surface area (Å²) >= 11 is 0. The molecule has 0 aromatic heterocycles. The minimum Gasteiger partial charge on any atom is -0.371 e. The molecule has 18 heavy (non-hydrogen) atoms. The molecule has 1 saturated carbocycles. The van der Waals surface area contributed by atoms with Gasteiger partial charge in [-0.05, 0) is 25.2 Å². The summed E-state index contributed by atoms with van der Waals surface area (Å²) in [5, 5.41) is 0. The van der Waals surface area contributed by atoms with Crippen molar-refractivity contribution in [2.45, 2.75) is 51.2 Å². The van der Waals surface area contributed by atoms with Gasteiger partial charge < -0.3 is 15.4 Å². The van der Waals surface area contributed by atoms with Gasteiger partial charge in [0.1, 0.15) is 0 Å². The minimum atomic E-state index is -0.352. The Labute approximate surface area is 116 Å². The van der Waals surface area contributed by atoms with E-state index in [0.717, 1.165) is 25.8 Å². The zero-order chi connectivity index (χ0) is 12.5. The lowest BCUT2D eigenvalue weighted by Gasteiger charge is -2.48. The van der Waals surface area contributed by atoms with E-state index in [1.54, 1.807) is 0 Å². The second-order valence-electron chi connectivity index (χ2n) is 5.56. The van der Waals surface area contributed by atoms with Gasteiger partial charge in [-0.25, -0.2) is 0 Å². The number of hydrogen-bond donors (Lipinski definition) is 1. The van der Waals surface area contributed by atoms with Crippen molar-refractivity contribution in [3.8, 4) is 0 Å². The van der Waals surface area contributed by atoms with Gasteiger partial charge in [-0.3, -0.25) is 4.79 Å². The van der Waals surface area contributed by atoms with E-state index in [9.17, 15) is 4.79 Å². The lowest BCUT2D eigenvalue weighted by Crippen LogP contribution is -2.60. The standard InChI is InChI=1S/C13H24N2O2.ClH/c1-3-10(2)11(14)12(16)15-7-8-17-13(9-15)5-4-6-13;/h10-11H,3-9,14H2,1-2H3;1H. The lowest BCUT2D eigenvalue weighted by molar-refractivity contribution is -0.169. The summed E-state index contributed by atoms with van der Waals surface area (Å²) in [6.07, 6.45) is 4.35. The quantitative estimate of drug-likeness (QED) is 0.851. The maximum absolute atomic E-state index is 12.3. The molecule has 5 heteroatoms. The summed E-state index contributed by atoms with van der Waals surface area (Å²) in [6, 6.07) is -0.352. The molecule has 2 N–H and O–H groups in total. The van der Waals surface area contributed by atoms with Crippen molar-refractivity contribution in [1.29, 1.82) is 0 Å². The van der Waals surface area contributed by atoms with Gasteiger partial charge in [-0.15, -0.1) is 12.4 Å². The zero-order valence-electron chi connectivity index (χ0n) is 11.4. The van der Waals surface area contributed by atoms with Crippen LogP contribution in [0.2, 0.25) is 0 Å². The topological polar surface area (TPSA) is 55.6 Å². The second kappa shape index (κ2) is 6.22. The Morgan fingerprint density at radius 3 is 2.67 bits per heavy atom. The first-order chi connectivity index (χ1) is 8.08. The third kappa shape index (κ3) is 2.98. The maximum atomic E-state index is 12.3. The van der Waals surface area contributed by atoms with Crippen molar-refractivity contribution in [2.75, 3.05) is 19.7 Å². The smallest absolute Gasteiger partial charge is 0.239 e. The number of morpholine rings is 1. The number of nitrogens with zero attached hydrogens (tertiary/aromatic N) is 1. The van der Waals surface area contributed by atoms with Crippen LogP contribution in [0.25, 0.3) is 0 Å². The lowest BCUT2D eigenvalue weighted by atomic mass is 9.78. The van der Waals surface area contributed by atoms with Crippen molar-refractivity contribution in [3.05, 3.63) is 0 Å². The van der Waals surface area contributed by atoms with Crippen LogP contribution < -0.4 is 5.73 Å². The molecule has 0 radical (unpaired) electrons. The molecule has 2 fully saturated rings. The molecule has 0 aromatic rings. The van der Waals surface area contributed by atoms with Gasteiger partial charge in [-0.2, -0.15) is 0 Å². The molecule has 1 heterocycles. The van der Waals surface area contributed by atoms with Crippen LogP contribution in [0.1, 0.15) is 39.5 Å². The number of halogens is 1. The third-order valence-electron chi connectivity index (χ3n) is 4.37. The first-order valence-electron chi connectivity index (χ1n) is 6.76. The Morgan fingerprint density at radius 2 is 2.17 bits per heavy atom. The highest BCUT2D eigenvalue weighted by atomic mass is 35.5. The molecule has 4 nitrogen and oxygen atoms in total. The average Bonchev–Trinajstić information content (AvgIpc) is 2.34. The molecule has 106 valence electrons. The molecule has 2 unspecified atom stereocenters. The summed E-state index contributed by atoms with van der Waals surface area (Å²) in [4.78, 5) is 14.2. The molecule has 2 aliphatic rings. The van der Waals surface area contributed by atoms with Crippen LogP contribution in [-0.4, -0.2) is 42.1 Å². The fraction of sp³-hybridized carbons (Fsp3) is 0.923. The van der Waals surface area contributed by atoms with Gasteiger partial charge in [0.2, 0.25) is 5.91 Å². The summed E-state index contributed by atoms with van der Waals surface area (Å²) in [6.45, 7) is 6.23. The number of nitrogens with two attached hydrogens (primary N) is 1. The normalized spacial score (nSPS) is 24.9. The molecule has 1 aliphatic heterocycles. The first kappa shape index (κ1) is 15.7. The summed E-state index contributed by atoms with van der Waals surface area (Å²) in [5.74, 6) is 0.358. The van der Waals surface area contributed by atoms with E-state index in [0.29, 0.717) is 13.2 Å². The monoisotopic (exact) mass is 276 g/mol. The van der Waals surface area contributed by atoms with Gasteiger partial charge in [0.05, 0.1) is 18.2 Å². The van der Waals surface area contributed by atoms with E-state index in [1.807, 2.05) is 11.8 Å². The van der Waals surface area contributed by atoms with Crippen molar-refractivity contribution >= 4 is 18.3 Å². The van der Waals surface area contributed by atoms with Crippen molar-refractivity contribution in [3.63, 3.8) is 0 Å². The van der Waals surface area contributed by atoms with Crippen LogP contribution in [-0.2, 0) is 9.53 Å². The van der Waals surface area contributed by atoms with Gasteiger partial charge in [0.25, 0.3) is 0 Å². The summed E-state index contributed by atoms with van der Waals surface area (Å²) < 4.78 is 5.81. The summed E-state index contributed by atoms with van der Waals surface area (Å²) in [7, 11) is 0. The second-order valence-corrected chi connectivity index (χ2v) is 5.56. The minimum absolute atomic E-state index is 0. The van der Waals surface area contributed by atoms with E-state index in [1.165, 1.54) is 6.42 Å². The van der Waals surface area contributed by atoms with Crippen molar-refractivity contribution < 1.29 is 9.53 Å². The number of carbonyl (C=O) groups excluding carboxylic acids is 1. The van der Waals surface area contributed by atoms with E-state index < -0.39 is 0 Å². The van der Waals surface area contributed by atoms with Crippen LogP contribution >= 0.6 is 12.4 Å². The first-order valence-corrected chi connectivity index (χ1v) is 6.76. The van der Waals surface area contributed by atoms with E-state index >= 15 is 0 Å². The third-order valence-corrected chi connectivity index (χ3v) is 4.37. The number of ether oxygens (including phenoxy) is 1. The predicted molar refractivity (Wildman–Crippen MR) is 73.8 cm³/mol. The Kier molecular flexibility index (Phi) is 5.44. The van der Waals surface area contributed by atoms with E-state index in [4.69, 9.17) is 10.5 Å². The van der Waals surface area contributed by atoms with E-state index in [-0.39, 0.29) is 35.9 Å². The van der Waals surface area contributed by atoms with Gasteiger partial charge in [0, 0.05) is 13.1 Å². The number of hydrogen-bond acceptors (Lipinski definition) is 3. The number of carbonyl (C=O) groups is 1. The molecule has 1 spiro atoms. The summed E-state index contributed by atoms with van der Waals surface area (Å²) in [5.41, 5.74) is 5.99. The maximum Gasteiger partial charge on any atom is 0.239 e. The van der Waals surface area contributed by atoms with Gasteiger partial charge in [-0.1, -0.05) is 20.3 Å². The van der Waals surface area contributed by atoms with Crippen LogP contribution in [0.5, 0.6) is 0 Å². The SMILES string of the molecule is CCC(C)C(N)C(=O)N1CCOC2(CCC2)C1.Cl. The van der Waals surface area contributed by atoms with Gasteiger partial charge in [0.15, 0.2) is 0 Å². The van der Waals surface area contributed by atoms with Crippen molar-refractivity contribution in [1.82, 2.24) is 4.90 Å². The highest BCUT2D eigenvalue weighted by molar-refractivity contribution is 5.85. The van der Waals surface area contributed by atoms with E-state index in [2.05, 4.69) is 6.92 Å². The van der Waals surface area contributed by atoms with Crippen LogP contribution in [0, 0.1) is 5.92 Å². The molecule has 1 saturated heterocycles. The Bertz CT molecular complexity index is 295. The molecular weight excluding hydrogens is 252 g/mol. The Morgan fingerprint density at radius 1 is 1.50 bits per heavy atom. The molecule has 1 amide bonds. The molecular formula is C13H25ClN2O2. The molecule has 2 rings (SSSR count). The van der Waals surface area contributed by atoms with Crippen LogP contribution in [0.15, 0.2) is 0 Å². The Balaban J connectivity index is 0.00000162. The largest absolute Gasteiger partial charge is 0.371 e. The molecule has 1 aliphatic carbocycles. The number of rotatable bonds is 3. The fourth-order valence-corrected chi connectivity index (χ4v) is 2.61. The predicted octanol–water partition coefficient (Wildman–Crippen LogP) is 1.56. The van der Waals surface area contributed by atoms with Crippen LogP contribution in [0.4, 0.5) is 0 Å². The highest BCUT2D eigenvalue weighted by Gasteiger charge is 2.43. The highest BCUT2D eigenvalue weighted by Crippen LogP contribution is 2.38. The molecule has 2 atom stereocenters. The fourth-order valence-electron chi connectivity index (χ4n) is 2.61. The Hall–Kier alpha value is -0.320. The molecule has 0 bridgehead atoms. The van der Waals surface area contributed by atoms with Gasteiger partial charge >= 0.3 is 0 Å².